The fourth-order valence-electron chi connectivity index (χ4n) is 3.13. The van der Waals surface area contributed by atoms with Crippen LogP contribution < -0.4 is 10.2 Å². The van der Waals surface area contributed by atoms with Crippen molar-refractivity contribution in [3.63, 3.8) is 0 Å². The summed E-state index contributed by atoms with van der Waals surface area (Å²) in [6.45, 7) is 2.63. The van der Waals surface area contributed by atoms with Crippen molar-refractivity contribution in [3.8, 4) is 0 Å². The van der Waals surface area contributed by atoms with Crippen LogP contribution in [0.25, 0.3) is 0 Å². The van der Waals surface area contributed by atoms with Crippen molar-refractivity contribution in [1.29, 1.82) is 0 Å². The van der Waals surface area contributed by atoms with E-state index in [1.165, 1.54) is 4.90 Å². The number of benzene rings is 2. The highest BCUT2D eigenvalue weighted by molar-refractivity contribution is 6.06. The Morgan fingerprint density at radius 1 is 0.938 bits per heavy atom. The Morgan fingerprint density at radius 2 is 1.56 bits per heavy atom. The maximum absolute atomic E-state index is 13.2. The van der Waals surface area contributed by atoms with Crippen molar-refractivity contribution < 1.29 is 19.4 Å². The van der Waals surface area contributed by atoms with Gasteiger partial charge in [0.2, 0.25) is 5.91 Å². The smallest absolute Gasteiger partial charge is 0.277 e. The van der Waals surface area contributed by atoms with Gasteiger partial charge in [0.1, 0.15) is 0 Å². The molecule has 10 nitrogen and oxygen atoms in total. The molecule has 2 amide bonds. The number of non-ortho nitro benzene ring substituents is 2. The molecule has 0 heterocycles. The zero-order chi connectivity index (χ0) is 23.5. The van der Waals surface area contributed by atoms with Crippen molar-refractivity contribution in [1.82, 2.24) is 5.32 Å². The molecule has 0 unspecified atom stereocenters. The van der Waals surface area contributed by atoms with Crippen molar-refractivity contribution >= 4 is 28.9 Å². The first-order chi connectivity index (χ1) is 15.3. The first-order valence-corrected chi connectivity index (χ1v) is 10.4. The van der Waals surface area contributed by atoms with E-state index in [0.717, 1.165) is 37.5 Å². The Hall–Kier alpha value is -3.82. The topological polar surface area (TPSA) is 136 Å². The van der Waals surface area contributed by atoms with Gasteiger partial charge in [0.05, 0.1) is 21.5 Å². The molecule has 10 heteroatoms. The number of carbonyl (C=O) groups is 2. The Labute approximate surface area is 185 Å². The van der Waals surface area contributed by atoms with Crippen LogP contribution in [0.4, 0.5) is 17.1 Å². The minimum atomic E-state index is -0.773. The van der Waals surface area contributed by atoms with Crippen LogP contribution in [0.1, 0.15) is 49.4 Å². The van der Waals surface area contributed by atoms with E-state index in [9.17, 15) is 29.8 Å². The Kier molecular flexibility index (Phi) is 9.27. The van der Waals surface area contributed by atoms with Crippen LogP contribution in [0.2, 0.25) is 0 Å². The van der Waals surface area contributed by atoms with Gasteiger partial charge in [-0.2, -0.15) is 0 Å². The van der Waals surface area contributed by atoms with Crippen LogP contribution in [0.5, 0.6) is 0 Å². The van der Waals surface area contributed by atoms with Crippen molar-refractivity contribution in [2.75, 3.05) is 18.0 Å². The molecule has 0 aliphatic rings. The summed E-state index contributed by atoms with van der Waals surface area (Å²) >= 11 is 0. The third kappa shape index (κ3) is 7.15. The third-order valence-corrected chi connectivity index (χ3v) is 4.77. The lowest BCUT2D eigenvalue weighted by Gasteiger charge is -2.23. The second-order valence-corrected chi connectivity index (χ2v) is 7.21. The molecule has 2 rings (SSSR count). The van der Waals surface area contributed by atoms with Gasteiger partial charge in [-0.15, -0.1) is 0 Å². The average Bonchev–Trinajstić information content (AvgIpc) is 2.79. The molecule has 32 heavy (non-hydrogen) atoms. The molecule has 0 radical (unpaired) electrons. The Bertz CT molecular complexity index is 932. The molecule has 0 spiro atoms. The summed E-state index contributed by atoms with van der Waals surface area (Å²) in [5.74, 6) is -0.650. The summed E-state index contributed by atoms with van der Waals surface area (Å²) in [6.07, 6.45) is 3.72. The predicted molar refractivity (Wildman–Crippen MR) is 120 cm³/mol. The van der Waals surface area contributed by atoms with E-state index in [-0.39, 0.29) is 18.0 Å². The molecular formula is C22H26N4O6. The number of rotatable bonds is 12. The zero-order valence-corrected chi connectivity index (χ0v) is 17.9. The van der Waals surface area contributed by atoms with Crippen molar-refractivity contribution in [3.05, 3.63) is 74.3 Å². The zero-order valence-electron chi connectivity index (χ0n) is 17.9. The summed E-state index contributed by atoms with van der Waals surface area (Å²) in [6, 6.07) is 11.5. The van der Waals surface area contributed by atoms with E-state index in [4.69, 9.17) is 0 Å². The van der Waals surface area contributed by atoms with Gasteiger partial charge in [0.15, 0.2) is 0 Å². The molecular weight excluding hydrogens is 416 g/mol. The molecule has 1 N–H and O–H groups in total. The Balaban J connectivity index is 2.17. The molecule has 2 aromatic rings. The molecule has 0 saturated heterocycles. The number of hydrogen-bond acceptors (Lipinski definition) is 6. The fraction of sp³-hybridized carbons (Fsp3) is 0.364. The van der Waals surface area contributed by atoms with Crippen LogP contribution in [0.15, 0.2) is 48.5 Å². The predicted octanol–water partition coefficient (Wildman–Crippen LogP) is 4.24. The highest BCUT2D eigenvalue weighted by Crippen LogP contribution is 2.25. The molecule has 0 aliphatic carbocycles. The number of nitro groups is 2. The molecule has 0 aromatic heterocycles. The normalized spacial score (nSPS) is 10.4. The number of unbranched alkanes of at least 4 members (excludes halogenated alkanes) is 2. The highest BCUT2D eigenvalue weighted by atomic mass is 16.6. The van der Waals surface area contributed by atoms with Gasteiger partial charge in [-0.1, -0.05) is 38.0 Å². The quantitative estimate of drug-likeness (QED) is 0.297. The number of nitro benzene ring substituents is 2. The number of carbonyl (C=O) groups excluding carboxylic acids is 2. The lowest BCUT2D eigenvalue weighted by atomic mass is 10.1. The van der Waals surface area contributed by atoms with Gasteiger partial charge < -0.3 is 10.2 Å². The second-order valence-electron chi connectivity index (χ2n) is 7.21. The van der Waals surface area contributed by atoms with Gasteiger partial charge in [-0.05, 0) is 25.0 Å². The standard InChI is InChI=1S/C22H26N4O6/c1-2-3-5-11-21(27)23-12-8-13-24(18-9-6-4-7-10-18)22(28)17-14-19(25(29)30)16-20(15-17)26(31)32/h4,6-7,9-10,14-16H,2-3,5,8,11-13H2,1H3,(H,23,27). The largest absolute Gasteiger partial charge is 0.356 e. The van der Waals surface area contributed by atoms with Crippen LogP contribution >= 0.6 is 0 Å². The number of nitrogens with one attached hydrogen (secondary N) is 1. The van der Waals surface area contributed by atoms with Gasteiger partial charge in [0, 0.05) is 37.3 Å². The summed E-state index contributed by atoms with van der Waals surface area (Å²) in [7, 11) is 0. The SMILES string of the molecule is CCCCCC(=O)NCCCN(C(=O)c1cc([N+](=O)[O-])cc([N+](=O)[O-])c1)c1ccccc1. The second kappa shape index (κ2) is 12.1. The summed E-state index contributed by atoms with van der Waals surface area (Å²) in [5.41, 5.74) is -0.677. The summed E-state index contributed by atoms with van der Waals surface area (Å²) in [5, 5.41) is 25.2. The first kappa shape index (κ1) is 24.4. The van der Waals surface area contributed by atoms with Crippen molar-refractivity contribution in [2.45, 2.75) is 39.0 Å². The van der Waals surface area contributed by atoms with Gasteiger partial charge >= 0.3 is 0 Å². The molecule has 0 aliphatic heterocycles. The third-order valence-electron chi connectivity index (χ3n) is 4.77. The number of hydrogen-bond donors (Lipinski definition) is 1. The van der Waals surface area contributed by atoms with Gasteiger partial charge in [0.25, 0.3) is 17.3 Å². The highest BCUT2D eigenvalue weighted by Gasteiger charge is 2.24. The monoisotopic (exact) mass is 442 g/mol. The Morgan fingerprint density at radius 3 is 2.12 bits per heavy atom. The first-order valence-electron chi connectivity index (χ1n) is 10.4. The van der Waals surface area contributed by atoms with Crippen LogP contribution in [-0.2, 0) is 4.79 Å². The van der Waals surface area contributed by atoms with E-state index >= 15 is 0 Å². The maximum Gasteiger partial charge on any atom is 0.277 e. The van der Waals surface area contributed by atoms with Crippen LogP contribution in [0, 0.1) is 20.2 Å². The molecule has 170 valence electrons. The van der Waals surface area contributed by atoms with Gasteiger partial charge in [-0.25, -0.2) is 0 Å². The number of anilines is 1. The summed E-state index contributed by atoms with van der Waals surface area (Å²) < 4.78 is 0. The lowest BCUT2D eigenvalue weighted by Crippen LogP contribution is -2.34. The average molecular weight is 442 g/mol. The van der Waals surface area contributed by atoms with Crippen LogP contribution in [0.3, 0.4) is 0 Å². The molecule has 2 aromatic carbocycles. The lowest BCUT2D eigenvalue weighted by molar-refractivity contribution is -0.394. The minimum absolute atomic E-state index is 0.0506. The van der Waals surface area contributed by atoms with Crippen LogP contribution in [-0.4, -0.2) is 34.8 Å². The molecule has 0 atom stereocenters. The van der Waals surface area contributed by atoms with E-state index in [1.807, 2.05) is 0 Å². The van der Waals surface area contributed by atoms with Crippen molar-refractivity contribution in [2.24, 2.45) is 0 Å². The van der Waals surface area contributed by atoms with Gasteiger partial charge in [-0.3, -0.25) is 29.8 Å². The maximum atomic E-state index is 13.2. The number of amides is 2. The van der Waals surface area contributed by atoms with E-state index in [2.05, 4.69) is 12.2 Å². The van der Waals surface area contributed by atoms with E-state index in [0.29, 0.717) is 25.1 Å². The number of nitrogens with zero attached hydrogens (tertiary/aromatic N) is 3. The molecule has 0 fully saturated rings. The fourth-order valence-corrected chi connectivity index (χ4v) is 3.13. The minimum Gasteiger partial charge on any atom is -0.356 e. The number of para-hydroxylation sites is 1. The summed E-state index contributed by atoms with van der Waals surface area (Å²) in [4.78, 5) is 47.3. The van der Waals surface area contributed by atoms with E-state index < -0.39 is 27.1 Å². The molecule has 0 bridgehead atoms. The van der Waals surface area contributed by atoms with E-state index in [1.54, 1.807) is 30.3 Å². The molecule has 0 saturated carbocycles.